The Morgan fingerprint density at radius 1 is 1.21 bits per heavy atom. The Balaban J connectivity index is 1.70. The van der Waals surface area contributed by atoms with Gasteiger partial charge in [0, 0.05) is 36.6 Å². The molecule has 29 heavy (non-hydrogen) atoms. The molecule has 0 unspecified atom stereocenters. The summed E-state index contributed by atoms with van der Waals surface area (Å²) >= 11 is 1.24. The van der Waals surface area contributed by atoms with Crippen molar-refractivity contribution in [1.82, 2.24) is 20.5 Å². The summed E-state index contributed by atoms with van der Waals surface area (Å²) in [7, 11) is 1.35. The van der Waals surface area contributed by atoms with E-state index in [9.17, 15) is 14.4 Å². The minimum absolute atomic E-state index is 0.0590. The SMILES string of the molecule is COC(=O)CCc1sc(C(=O)NCC(=O)N2CCNCC2)nc1-c1ccccc1. The van der Waals surface area contributed by atoms with Crippen LogP contribution in [-0.4, -0.2) is 67.5 Å². The van der Waals surface area contributed by atoms with Crippen molar-refractivity contribution in [3.05, 3.63) is 40.2 Å². The van der Waals surface area contributed by atoms with E-state index in [1.54, 1.807) is 4.90 Å². The van der Waals surface area contributed by atoms with Gasteiger partial charge in [0.05, 0.1) is 25.8 Å². The summed E-state index contributed by atoms with van der Waals surface area (Å²) in [6.07, 6.45) is 0.641. The van der Waals surface area contributed by atoms with E-state index in [0.717, 1.165) is 23.5 Å². The number of carbonyl (C=O) groups is 3. The zero-order valence-corrected chi connectivity index (χ0v) is 17.1. The average Bonchev–Trinajstić information content (AvgIpc) is 3.21. The molecule has 2 amide bonds. The van der Waals surface area contributed by atoms with E-state index in [-0.39, 0.29) is 35.8 Å². The molecule has 0 bridgehead atoms. The molecule has 1 saturated heterocycles. The van der Waals surface area contributed by atoms with Crippen LogP contribution in [-0.2, 0) is 20.7 Å². The first kappa shape index (κ1) is 20.9. The van der Waals surface area contributed by atoms with Gasteiger partial charge in [-0.25, -0.2) is 4.98 Å². The lowest BCUT2D eigenvalue weighted by Gasteiger charge is -2.27. The average molecular weight is 417 g/mol. The number of esters is 1. The third-order valence-corrected chi connectivity index (χ3v) is 5.71. The maximum absolute atomic E-state index is 12.6. The number of methoxy groups -OCH3 is 1. The number of aromatic nitrogens is 1. The lowest BCUT2D eigenvalue weighted by molar-refractivity contribution is -0.140. The van der Waals surface area contributed by atoms with Gasteiger partial charge >= 0.3 is 5.97 Å². The van der Waals surface area contributed by atoms with E-state index >= 15 is 0 Å². The first-order valence-corrected chi connectivity index (χ1v) is 10.3. The molecule has 2 N–H and O–H groups in total. The Hall–Kier alpha value is -2.78. The Kier molecular flexibility index (Phi) is 7.31. The summed E-state index contributed by atoms with van der Waals surface area (Å²) in [6, 6.07) is 9.51. The van der Waals surface area contributed by atoms with Gasteiger partial charge in [0.15, 0.2) is 5.01 Å². The van der Waals surface area contributed by atoms with Gasteiger partial charge in [0.2, 0.25) is 5.91 Å². The van der Waals surface area contributed by atoms with Gasteiger partial charge in [-0.15, -0.1) is 11.3 Å². The van der Waals surface area contributed by atoms with Crippen molar-refractivity contribution in [3.8, 4) is 11.3 Å². The van der Waals surface area contributed by atoms with E-state index in [4.69, 9.17) is 4.74 Å². The largest absolute Gasteiger partial charge is 0.469 e. The van der Waals surface area contributed by atoms with Crippen LogP contribution < -0.4 is 10.6 Å². The number of piperazine rings is 1. The van der Waals surface area contributed by atoms with Gasteiger partial charge in [-0.05, 0) is 6.42 Å². The molecule has 8 nitrogen and oxygen atoms in total. The summed E-state index contributed by atoms with van der Waals surface area (Å²) in [5.41, 5.74) is 1.55. The van der Waals surface area contributed by atoms with Gasteiger partial charge in [-0.3, -0.25) is 14.4 Å². The summed E-state index contributed by atoms with van der Waals surface area (Å²) < 4.78 is 4.71. The zero-order valence-electron chi connectivity index (χ0n) is 16.3. The van der Waals surface area contributed by atoms with E-state index in [2.05, 4.69) is 15.6 Å². The van der Waals surface area contributed by atoms with Crippen molar-refractivity contribution in [3.63, 3.8) is 0 Å². The number of amides is 2. The monoisotopic (exact) mass is 416 g/mol. The molecule has 3 rings (SSSR count). The number of benzene rings is 1. The van der Waals surface area contributed by atoms with Crippen LogP contribution in [0.2, 0.25) is 0 Å². The molecular weight excluding hydrogens is 392 g/mol. The summed E-state index contributed by atoms with van der Waals surface area (Å²) in [5, 5.41) is 6.13. The molecule has 0 atom stereocenters. The number of thiazole rings is 1. The van der Waals surface area contributed by atoms with E-state index in [1.807, 2.05) is 30.3 Å². The smallest absolute Gasteiger partial charge is 0.305 e. The highest BCUT2D eigenvalue weighted by atomic mass is 32.1. The molecular formula is C20H24N4O4S. The molecule has 2 heterocycles. The summed E-state index contributed by atoms with van der Waals surface area (Å²) in [5.74, 6) is -0.810. The first-order valence-electron chi connectivity index (χ1n) is 9.47. The molecule has 2 aromatic rings. The van der Waals surface area contributed by atoms with Crippen LogP contribution in [0.25, 0.3) is 11.3 Å². The fraction of sp³-hybridized carbons (Fsp3) is 0.400. The molecule has 1 fully saturated rings. The predicted octanol–water partition coefficient (Wildman–Crippen LogP) is 1.08. The number of ether oxygens (including phenoxy) is 1. The highest BCUT2D eigenvalue weighted by Crippen LogP contribution is 2.29. The number of hydrogen-bond donors (Lipinski definition) is 2. The van der Waals surface area contributed by atoms with Crippen LogP contribution in [0.1, 0.15) is 21.1 Å². The van der Waals surface area contributed by atoms with E-state index in [0.29, 0.717) is 25.2 Å². The number of rotatable bonds is 7. The zero-order chi connectivity index (χ0) is 20.6. The molecule has 0 spiro atoms. The third kappa shape index (κ3) is 5.61. The highest BCUT2D eigenvalue weighted by molar-refractivity contribution is 7.14. The lowest BCUT2D eigenvalue weighted by atomic mass is 10.1. The number of carbonyl (C=O) groups excluding carboxylic acids is 3. The predicted molar refractivity (Wildman–Crippen MR) is 110 cm³/mol. The molecule has 0 saturated carbocycles. The second-order valence-corrected chi connectivity index (χ2v) is 7.63. The molecule has 0 aliphatic carbocycles. The Labute approximate surface area is 173 Å². The van der Waals surface area contributed by atoms with Gasteiger partial charge in [-0.1, -0.05) is 30.3 Å². The Bertz CT molecular complexity index is 863. The standard InChI is InChI=1S/C20H24N4O4S/c1-28-17(26)8-7-15-18(14-5-3-2-4-6-14)23-20(29-15)19(27)22-13-16(25)24-11-9-21-10-12-24/h2-6,21H,7-13H2,1H3,(H,22,27). The fourth-order valence-corrected chi connectivity index (χ4v) is 4.01. The van der Waals surface area contributed by atoms with Crippen molar-refractivity contribution in [2.24, 2.45) is 0 Å². The Morgan fingerprint density at radius 2 is 1.93 bits per heavy atom. The maximum atomic E-state index is 12.6. The minimum Gasteiger partial charge on any atom is -0.469 e. The number of nitrogens with zero attached hydrogens (tertiary/aromatic N) is 2. The van der Waals surface area contributed by atoms with Crippen LogP contribution in [0, 0.1) is 0 Å². The van der Waals surface area contributed by atoms with Crippen molar-refractivity contribution < 1.29 is 19.1 Å². The fourth-order valence-electron chi connectivity index (χ4n) is 3.02. The topological polar surface area (TPSA) is 101 Å². The third-order valence-electron chi connectivity index (χ3n) is 4.59. The molecule has 0 radical (unpaired) electrons. The van der Waals surface area contributed by atoms with Crippen molar-refractivity contribution >= 4 is 29.1 Å². The second-order valence-electron chi connectivity index (χ2n) is 6.55. The van der Waals surface area contributed by atoms with E-state index < -0.39 is 0 Å². The second kappa shape index (κ2) is 10.1. The van der Waals surface area contributed by atoms with Gasteiger partial charge in [0.25, 0.3) is 5.91 Å². The molecule has 1 aromatic carbocycles. The summed E-state index contributed by atoms with van der Waals surface area (Å²) in [4.78, 5) is 43.4. The van der Waals surface area contributed by atoms with Crippen molar-refractivity contribution in [2.45, 2.75) is 12.8 Å². The van der Waals surface area contributed by atoms with Crippen LogP contribution in [0.5, 0.6) is 0 Å². The quantitative estimate of drug-likeness (QED) is 0.655. The van der Waals surface area contributed by atoms with Crippen molar-refractivity contribution in [2.75, 3.05) is 39.8 Å². The van der Waals surface area contributed by atoms with Gasteiger partial charge < -0.3 is 20.3 Å². The van der Waals surface area contributed by atoms with Crippen LogP contribution in [0.15, 0.2) is 30.3 Å². The normalized spacial score (nSPS) is 13.8. The molecule has 154 valence electrons. The van der Waals surface area contributed by atoms with Gasteiger partial charge in [0.1, 0.15) is 0 Å². The highest BCUT2D eigenvalue weighted by Gasteiger charge is 2.21. The number of hydrogen-bond acceptors (Lipinski definition) is 7. The molecule has 1 aliphatic heterocycles. The molecule has 1 aliphatic rings. The van der Waals surface area contributed by atoms with Crippen LogP contribution in [0.4, 0.5) is 0 Å². The van der Waals surface area contributed by atoms with Gasteiger partial charge in [-0.2, -0.15) is 0 Å². The van der Waals surface area contributed by atoms with Crippen LogP contribution in [0.3, 0.4) is 0 Å². The Morgan fingerprint density at radius 3 is 2.62 bits per heavy atom. The number of aryl methyl sites for hydroxylation is 1. The van der Waals surface area contributed by atoms with Crippen molar-refractivity contribution in [1.29, 1.82) is 0 Å². The maximum Gasteiger partial charge on any atom is 0.305 e. The molecule has 9 heteroatoms. The first-order chi connectivity index (χ1) is 14.1. The van der Waals surface area contributed by atoms with E-state index in [1.165, 1.54) is 18.4 Å². The lowest BCUT2D eigenvalue weighted by Crippen LogP contribution is -2.49. The van der Waals surface area contributed by atoms with Crippen LogP contribution >= 0.6 is 11.3 Å². The number of nitrogens with one attached hydrogen (secondary N) is 2. The minimum atomic E-state index is -0.389. The molecule has 1 aromatic heterocycles. The summed E-state index contributed by atoms with van der Waals surface area (Å²) in [6.45, 7) is 2.74.